The Hall–Kier alpha value is -4.40. The molecule has 0 radical (unpaired) electrons. The van der Waals surface area contributed by atoms with Crippen molar-refractivity contribution in [1.29, 1.82) is 0 Å². The Balaban J connectivity index is 1.35. The van der Waals surface area contributed by atoms with Crippen molar-refractivity contribution in [3.8, 4) is 11.5 Å². The van der Waals surface area contributed by atoms with Crippen LogP contribution in [0.4, 0.5) is 5.69 Å². The number of esters is 1. The zero-order valence-electron chi connectivity index (χ0n) is 19.3. The minimum Gasteiger partial charge on any atom is -0.486 e. The van der Waals surface area contributed by atoms with Crippen LogP contribution >= 0.6 is 0 Å². The smallest absolute Gasteiger partial charge is 0.331 e. The lowest BCUT2D eigenvalue weighted by Gasteiger charge is -2.27. The Labute approximate surface area is 201 Å². The summed E-state index contributed by atoms with van der Waals surface area (Å²) in [4.78, 5) is 35.1. The molecule has 9 nitrogen and oxygen atoms in total. The Bertz CT molecular complexity index is 1310. The van der Waals surface area contributed by atoms with Gasteiger partial charge in [0.2, 0.25) is 5.78 Å². The summed E-state index contributed by atoms with van der Waals surface area (Å²) in [5.74, 6) is 0.354. The lowest BCUT2D eigenvalue weighted by atomic mass is 10.1. The highest BCUT2D eigenvalue weighted by atomic mass is 16.6. The Kier molecular flexibility index (Phi) is 6.96. The highest BCUT2D eigenvalue weighted by Gasteiger charge is 2.24. The summed E-state index contributed by atoms with van der Waals surface area (Å²) in [5.41, 5.74) is 2.49. The van der Waals surface area contributed by atoms with Crippen molar-refractivity contribution in [3.63, 3.8) is 0 Å². The predicted molar refractivity (Wildman–Crippen MR) is 128 cm³/mol. The molecule has 0 saturated carbocycles. The van der Waals surface area contributed by atoms with Gasteiger partial charge in [-0.05, 0) is 43.7 Å². The first-order chi connectivity index (χ1) is 16.8. The van der Waals surface area contributed by atoms with E-state index in [4.69, 9.17) is 14.2 Å². The van der Waals surface area contributed by atoms with Gasteiger partial charge in [-0.15, -0.1) is 0 Å². The van der Waals surface area contributed by atoms with Crippen LogP contribution in [-0.4, -0.2) is 40.6 Å². The third-order valence-electron chi connectivity index (χ3n) is 5.67. The van der Waals surface area contributed by atoms with Crippen molar-refractivity contribution in [3.05, 3.63) is 93.3 Å². The van der Waals surface area contributed by atoms with Crippen LogP contribution in [-0.2, 0) is 16.1 Å². The minimum absolute atomic E-state index is 0.0829. The van der Waals surface area contributed by atoms with Gasteiger partial charge in [0.15, 0.2) is 24.2 Å². The number of nitrogens with zero attached hydrogens (tertiary/aromatic N) is 2. The second kappa shape index (κ2) is 10.3. The molecule has 0 saturated heterocycles. The van der Waals surface area contributed by atoms with Gasteiger partial charge in [-0.3, -0.25) is 14.9 Å². The molecule has 1 aromatic heterocycles. The minimum atomic E-state index is -0.718. The topological polar surface area (TPSA) is 110 Å². The number of ether oxygens (including phenoxy) is 3. The van der Waals surface area contributed by atoms with Gasteiger partial charge in [0, 0.05) is 35.2 Å². The van der Waals surface area contributed by atoms with Gasteiger partial charge in [0.25, 0.3) is 5.69 Å². The van der Waals surface area contributed by atoms with Crippen LogP contribution in [0.15, 0.2) is 60.7 Å². The van der Waals surface area contributed by atoms with Crippen LogP contribution in [0.2, 0.25) is 0 Å². The van der Waals surface area contributed by atoms with E-state index >= 15 is 0 Å². The standard InChI is InChI=1S/C26H24N2O7/c1-17-12-22(18(2)27(17)14-21-15-33-24-8-3-4-9-25(24)35-21)23(29)16-34-26(30)11-10-19-6-5-7-20(13-19)28(31)32/h3-13,21H,14-16H2,1-2H3/b11-10+/t21-/m1/s1. The number of fused-ring (bicyclic) bond motifs is 1. The number of ketones is 1. The first-order valence-corrected chi connectivity index (χ1v) is 11.0. The number of carbonyl (C=O) groups is 2. The largest absolute Gasteiger partial charge is 0.486 e. The number of nitro benzene ring substituents is 1. The highest BCUT2D eigenvalue weighted by molar-refractivity contribution is 6.00. The second-order valence-electron chi connectivity index (χ2n) is 8.11. The molecule has 0 spiro atoms. The van der Waals surface area contributed by atoms with Gasteiger partial charge in [-0.25, -0.2) is 4.79 Å². The Morgan fingerprint density at radius 1 is 1.14 bits per heavy atom. The van der Waals surface area contributed by atoms with E-state index in [1.807, 2.05) is 42.7 Å². The number of rotatable bonds is 8. The summed E-state index contributed by atoms with van der Waals surface area (Å²) < 4.78 is 18.9. The van der Waals surface area contributed by atoms with Crippen LogP contribution in [0.1, 0.15) is 27.3 Å². The molecule has 9 heteroatoms. The molecule has 180 valence electrons. The van der Waals surface area contributed by atoms with E-state index in [0.717, 1.165) is 17.5 Å². The van der Waals surface area contributed by atoms with Gasteiger partial charge in [-0.2, -0.15) is 0 Å². The fourth-order valence-electron chi connectivity index (χ4n) is 3.89. The number of benzene rings is 2. The van der Waals surface area contributed by atoms with Gasteiger partial charge in [-0.1, -0.05) is 24.3 Å². The quantitative estimate of drug-likeness (QED) is 0.157. The van der Waals surface area contributed by atoms with E-state index in [1.165, 1.54) is 24.3 Å². The summed E-state index contributed by atoms with van der Waals surface area (Å²) in [6.45, 7) is 4.22. The van der Waals surface area contributed by atoms with Gasteiger partial charge in [0.05, 0.1) is 11.5 Å². The van der Waals surface area contributed by atoms with Crippen molar-refractivity contribution in [2.45, 2.75) is 26.5 Å². The number of non-ortho nitro benzene ring substituents is 1. The molecule has 1 atom stereocenters. The van der Waals surface area contributed by atoms with Crippen molar-refractivity contribution < 1.29 is 28.7 Å². The molecular weight excluding hydrogens is 452 g/mol. The molecule has 0 bridgehead atoms. The van der Waals surface area contributed by atoms with E-state index in [1.54, 1.807) is 12.1 Å². The number of para-hydroxylation sites is 2. The average molecular weight is 476 g/mol. The second-order valence-corrected chi connectivity index (χ2v) is 8.11. The Morgan fingerprint density at radius 3 is 2.69 bits per heavy atom. The van der Waals surface area contributed by atoms with Crippen molar-refractivity contribution in [2.24, 2.45) is 0 Å². The fraction of sp³-hybridized carbons (Fsp3) is 0.231. The molecule has 2 aromatic carbocycles. The number of hydrogen-bond acceptors (Lipinski definition) is 7. The number of carbonyl (C=O) groups excluding carboxylic acids is 2. The van der Waals surface area contributed by atoms with Crippen molar-refractivity contribution in [2.75, 3.05) is 13.2 Å². The molecule has 1 aliphatic heterocycles. The maximum absolute atomic E-state index is 12.7. The zero-order valence-corrected chi connectivity index (χ0v) is 19.3. The van der Waals surface area contributed by atoms with E-state index in [2.05, 4.69) is 0 Å². The first-order valence-electron chi connectivity index (χ1n) is 11.0. The predicted octanol–water partition coefficient (Wildman–Crippen LogP) is 4.29. The van der Waals surface area contributed by atoms with Crippen LogP contribution in [0.3, 0.4) is 0 Å². The summed E-state index contributed by atoms with van der Waals surface area (Å²) in [6.07, 6.45) is 2.32. The Morgan fingerprint density at radius 2 is 1.91 bits per heavy atom. The van der Waals surface area contributed by atoms with Crippen LogP contribution < -0.4 is 9.47 Å². The van der Waals surface area contributed by atoms with Crippen molar-refractivity contribution in [1.82, 2.24) is 4.57 Å². The normalized spacial score (nSPS) is 14.6. The van der Waals surface area contributed by atoms with Crippen LogP contribution in [0, 0.1) is 24.0 Å². The molecule has 0 aliphatic carbocycles. The highest BCUT2D eigenvalue weighted by Crippen LogP contribution is 2.31. The number of aryl methyl sites for hydroxylation is 1. The number of hydrogen-bond donors (Lipinski definition) is 0. The molecule has 1 aliphatic rings. The SMILES string of the molecule is Cc1cc(C(=O)COC(=O)/C=C/c2cccc([N+](=O)[O-])c2)c(C)n1C[C@@H]1COc2ccccc2O1. The zero-order chi connectivity index (χ0) is 24.9. The molecule has 0 unspecified atom stereocenters. The number of Topliss-reactive ketones (excluding diaryl/α,β-unsaturated/α-hetero) is 1. The van der Waals surface area contributed by atoms with Crippen LogP contribution in [0.5, 0.6) is 11.5 Å². The maximum atomic E-state index is 12.7. The lowest BCUT2D eigenvalue weighted by molar-refractivity contribution is -0.384. The number of aromatic nitrogens is 1. The third kappa shape index (κ3) is 5.57. The molecule has 0 amide bonds. The lowest BCUT2D eigenvalue weighted by Crippen LogP contribution is -2.33. The monoisotopic (exact) mass is 476 g/mol. The first kappa shape index (κ1) is 23.7. The molecule has 0 fully saturated rings. The van der Waals surface area contributed by atoms with Gasteiger partial charge in [0.1, 0.15) is 6.61 Å². The van der Waals surface area contributed by atoms with Gasteiger partial charge < -0.3 is 18.8 Å². The van der Waals surface area contributed by atoms with Crippen molar-refractivity contribution >= 4 is 23.5 Å². The summed E-state index contributed by atoms with van der Waals surface area (Å²) >= 11 is 0. The molecule has 2 heterocycles. The average Bonchev–Trinajstić information content (AvgIpc) is 3.14. The van der Waals surface area contributed by atoms with Gasteiger partial charge >= 0.3 is 5.97 Å². The summed E-state index contributed by atoms with van der Waals surface area (Å²) in [6, 6.07) is 15.1. The van der Waals surface area contributed by atoms with E-state index < -0.39 is 17.5 Å². The van der Waals surface area contributed by atoms with E-state index in [-0.39, 0.29) is 17.6 Å². The molecular formula is C26H24N2O7. The molecule has 35 heavy (non-hydrogen) atoms. The maximum Gasteiger partial charge on any atom is 0.331 e. The fourth-order valence-corrected chi connectivity index (χ4v) is 3.89. The summed E-state index contributed by atoms with van der Waals surface area (Å²) in [7, 11) is 0. The van der Waals surface area contributed by atoms with Crippen LogP contribution in [0.25, 0.3) is 6.08 Å². The molecule has 4 rings (SSSR count). The number of nitro groups is 1. The summed E-state index contributed by atoms with van der Waals surface area (Å²) in [5, 5.41) is 10.9. The third-order valence-corrected chi connectivity index (χ3v) is 5.67. The molecule has 3 aromatic rings. The van der Waals surface area contributed by atoms with E-state index in [9.17, 15) is 19.7 Å². The van der Waals surface area contributed by atoms with E-state index in [0.29, 0.717) is 35.8 Å². The molecule has 0 N–H and O–H groups in total.